The summed E-state index contributed by atoms with van der Waals surface area (Å²) in [6, 6.07) is 31.7. The Morgan fingerprint density at radius 3 is 2.45 bits per heavy atom. The SMILES string of the molecule is CCCC[n+]1ccc(/C=C/c2cc3ccc(N(c4cccc(C)c4)C45C=CC=C(C)C4C5)cc3c3ccccc23)cc1. The summed E-state index contributed by atoms with van der Waals surface area (Å²) in [6.45, 7) is 7.79. The van der Waals surface area contributed by atoms with Crippen molar-refractivity contribution in [3.63, 3.8) is 0 Å². The normalized spacial score (nSPS) is 19.3. The van der Waals surface area contributed by atoms with Gasteiger partial charge in [-0.25, -0.2) is 4.57 Å². The number of benzene rings is 4. The molecule has 0 spiro atoms. The van der Waals surface area contributed by atoms with E-state index in [1.54, 1.807) is 0 Å². The summed E-state index contributed by atoms with van der Waals surface area (Å²) < 4.78 is 2.27. The van der Waals surface area contributed by atoms with E-state index >= 15 is 0 Å². The third kappa shape index (κ3) is 4.75. The largest absolute Gasteiger partial charge is 0.331 e. The molecule has 0 amide bonds. The van der Waals surface area contributed by atoms with Gasteiger partial charge in [-0.05, 0) is 88.8 Å². The molecule has 5 aromatic rings. The standard InChI is InChI=1S/C40H39N2/c1-4-5-22-41-23-19-31(20-24-41)15-16-32-26-33-17-18-35(27-38(33)37-14-7-6-13-36(32)37)42(34-12-8-10-29(2)25-34)40-21-9-11-30(3)39(40)28-40/h6-21,23-27,39H,4-5,22,28H2,1-3H3/q+1. The van der Waals surface area contributed by atoms with E-state index in [4.69, 9.17) is 0 Å². The van der Waals surface area contributed by atoms with E-state index in [0.29, 0.717) is 5.92 Å². The summed E-state index contributed by atoms with van der Waals surface area (Å²) in [7, 11) is 0. The van der Waals surface area contributed by atoms with Gasteiger partial charge < -0.3 is 4.90 Å². The molecular formula is C40H39N2+. The second-order valence-electron chi connectivity index (χ2n) is 12.2. The number of pyridine rings is 1. The molecule has 2 aliphatic carbocycles. The lowest BCUT2D eigenvalue weighted by Gasteiger charge is -2.35. The number of hydrogen-bond acceptors (Lipinski definition) is 1. The van der Waals surface area contributed by atoms with Crippen LogP contribution in [0.5, 0.6) is 0 Å². The van der Waals surface area contributed by atoms with Crippen molar-refractivity contribution in [3.05, 3.63) is 138 Å². The van der Waals surface area contributed by atoms with E-state index in [1.807, 2.05) is 0 Å². The molecule has 0 radical (unpaired) electrons. The van der Waals surface area contributed by atoms with Gasteiger partial charge in [-0.15, -0.1) is 0 Å². The average molecular weight is 548 g/mol. The minimum absolute atomic E-state index is 0.00313. The van der Waals surface area contributed by atoms with E-state index < -0.39 is 0 Å². The first-order valence-electron chi connectivity index (χ1n) is 15.4. The molecule has 2 nitrogen and oxygen atoms in total. The third-order valence-corrected chi connectivity index (χ3v) is 9.22. The maximum atomic E-state index is 2.60. The van der Waals surface area contributed by atoms with Crippen LogP contribution in [0.4, 0.5) is 11.4 Å². The first kappa shape index (κ1) is 26.5. The van der Waals surface area contributed by atoms with Crippen LogP contribution in [0.3, 0.4) is 0 Å². The summed E-state index contributed by atoms with van der Waals surface area (Å²) in [6.07, 6.45) is 19.4. The Morgan fingerprint density at radius 2 is 1.64 bits per heavy atom. The zero-order valence-electron chi connectivity index (χ0n) is 24.9. The maximum Gasteiger partial charge on any atom is 0.169 e. The Morgan fingerprint density at radius 1 is 0.833 bits per heavy atom. The molecule has 4 aromatic carbocycles. The number of hydrogen-bond donors (Lipinski definition) is 0. The molecule has 0 bridgehead atoms. The number of nitrogens with zero attached hydrogens (tertiary/aromatic N) is 2. The van der Waals surface area contributed by atoms with Crippen LogP contribution in [0.2, 0.25) is 0 Å². The fraction of sp³-hybridized carbons (Fsp3) is 0.225. The quantitative estimate of drug-likeness (QED) is 0.138. The van der Waals surface area contributed by atoms with Crippen LogP contribution in [0.1, 0.15) is 49.8 Å². The van der Waals surface area contributed by atoms with Gasteiger partial charge in [0, 0.05) is 35.8 Å². The van der Waals surface area contributed by atoms with Gasteiger partial charge >= 0.3 is 0 Å². The number of aryl methyl sites for hydroxylation is 2. The Kier molecular flexibility index (Phi) is 6.78. The van der Waals surface area contributed by atoms with E-state index in [2.05, 4.69) is 158 Å². The molecule has 2 heteroatoms. The Bertz CT molecular complexity index is 1870. The molecule has 1 fully saturated rings. The first-order chi connectivity index (χ1) is 20.6. The third-order valence-electron chi connectivity index (χ3n) is 9.22. The molecule has 0 saturated heterocycles. The van der Waals surface area contributed by atoms with Gasteiger partial charge in [0.2, 0.25) is 0 Å². The lowest BCUT2D eigenvalue weighted by Crippen LogP contribution is -2.34. The van der Waals surface area contributed by atoms with Crippen LogP contribution in [-0.2, 0) is 6.54 Å². The van der Waals surface area contributed by atoms with Crippen LogP contribution in [-0.4, -0.2) is 5.54 Å². The van der Waals surface area contributed by atoms with E-state index in [0.717, 1.165) is 13.0 Å². The molecule has 2 atom stereocenters. The zero-order chi connectivity index (χ0) is 28.7. The minimum atomic E-state index is 0.00313. The molecule has 1 heterocycles. The van der Waals surface area contributed by atoms with Gasteiger partial charge in [0.25, 0.3) is 0 Å². The van der Waals surface area contributed by atoms with Crippen LogP contribution in [0.25, 0.3) is 33.7 Å². The van der Waals surface area contributed by atoms with Crippen molar-refractivity contribution in [3.8, 4) is 0 Å². The highest BCUT2D eigenvalue weighted by atomic mass is 15.2. The van der Waals surface area contributed by atoms with Crippen molar-refractivity contribution in [1.82, 2.24) is 0 Å². The Hall–Kier alpha value is -4.43. The maximum absolute atomic E-state index is 2.60. The second kappa shape index (κ2) is 10.8. The van der Waals surface area contributed by atoms with Crippen molar-refractivity contribution >= 4 is 45.1 Å². The first-order valence-corrected chi connectivity index (χ1v) is 15.4. The topological polar surface area (TPSA) is 7.12 Å². The predicted octanol–water partition coefficient (Wildman–Crippen LogP) is 9.97. The number of unbranched alkanes of at least 4 members (excludes halogenated alkanes) is 1. The molecular weight excluding hydrogens is 508 g/mol. The molecule has 2 unspecified atom stereocenters. The summed E-state index contributed by atoms with van der Waals surface area (Å²) >= 11 is 0. The molecule has 0 aliphatic heterocycles. The Labute approximate surface area is 249 Å². The van der Waals surface area contributed by atoms with E-state index in [1.165, 1.54) is 68.0 Å². The van der Waals surface area contributed by atoms with Crippen molar-refractivity contribution in [2.24, 2.45) is 5.92 Å². The number of allylic oxidation sites excluding steroid dienone is 2. The lowest BCUT2D eigenvalue weighted by molar-refractivity contribution is -0.697. The molecule has 0 N–H and O–H groups in total. The Balaban J connectivity index is 1.31. The second-order valence-corrected chi connectivity index (χ2v) is 12.2. The highest BCUT2D eigenvalue weighted by molar-refractivity contribution is 6.12. The van der Waals surface area contributed by atoms with Crippen LogP contribution < -0.4 is 9.47 Å². The highest BCUT2D eigenvalue weighted by Gasteiger charge is 2.58. The van der Waals surface area contributed by atoms with Crippen molar-refractivity contribution in [1.29, 1.82) is 0 Å². The number of anilines is 2. The average Bonchev–Trinajstić information content (AvgIpc) is 3.76. The molecule has 1 aromatic heterocycles. The van der Waals surface area contributed by atoms with Gasteiger partial charge in [-0.3, -0.25) is 0 Å². The van der Waals surface area contributed by atoms with Crippen molar-refractivity contribution in [2.45, 2.75) is 52.1 Å². The minimum Gasteiger partial charge on any atom is -0.331 e. The fourth-order valence-electron chi connectivity index (χ4n) is 6.86. The summed E-state index contributed by atoms with van der Waals surface area (Å²) in [5.74, 6) is 0.557. The molecule has 2 aliphatic rings. The monoisotopic (exact) mass is 547 g/mol. The number of fused-ring (bicyclic) bond motifs is 4. The van der Waals surface area contributed by atoms with Crippen molar-refractivity contribution < 1.29 is 4.57 Å². The van der Waals surface area contributed by atoms with Gasteiger partial charge in [0.05, 0.1) is 5.54 Å². The summed E-state index contributed by atoms with van der Waals surface area (Å²) in [4.78, 5) is 2.60. The van der Waals surface area contributed by atoms with Crippen LogP contribution in [0.15, 0.2) is 121 Å². The molecule has 7 rings (SSSR count). The fourth-order valence-corrected chi connectivity index (χ4v) is 6.86. The van der Waals surface area contributed by atoms with E-state index in [-0.39, 0.29) is 5.54 Å². The summed E-state index contributed by atoms with van der Waals surface area (Å²) in [5, 5.41) is 5.15. The molecule has 1 saturated carbocycles. The molecule has 42 heavy (non-hydrogen) atoms. The predicted molar refractivity (Wildman–Crippen MR) is 179 cm³/mol. The van der Waals surface area contributed by atoms with Crippen LogP contribution >= 0.6 is 0 Å². The number of aromatic nitrogens is 1. The van der Waals surface area contributed by atoms with Crippen LogP contribution in [0, 0.1) is 12.8 Å². The van der Waals surface area contributed by atoms with E-state index in [9.17, 15) is 0 Å². The lowest BCUT2D eigenvalue weighted by atomic mass is 9.95. The molecule has 208 valence electrons. The van der Waals surface area contributed by atoms with Gasteiger partial charge in [-0.1, -0.05) is 91.8 Å². The van der Waals surface area contributed by atoms with Gasteiger partial charge in [0.1, 0.15) is 6.54 Å². The zero-order valence-corrected chi connectivity index (χ0v) is 24.9. The smallest absolute Gasteiger partial charge is 0.169 e. The van der Waals surface area contributed by atoms with Crippen molar-refractivity contribution in [2.75, 3.05) is 4.90 Å². The van der Waals surface area contributed by atoms with Gasteiger partial charge in [0.15, 0.2) is 12.4 Å². The number of rotatable bonds is 8. The highest BCUT2D eigenvalue weighted by Crippen LogP contribution is 2.59. The summed E-state index contributed by atoms with van der Waals surface area (Å²) in [5.41, 5.74) is 7.76. The van der Waals surface area contributed by atoms with Gasteiger partial charge in [-0.2, -0.15) is 0 Å².